The van der Waals surface area contributed by atoms with Gasteiger partial charge in [-0.15, -0.1) is 0 Å². The first-order valence-electron chi connectivity index (χ1n) is 5.03. The Kier molecular flexibility index (Phi) is 2.80. The molecule has 2 nitrogen and oxygen atoms in total. The van der Waals surface area contributed by atoms with E-state index in [1.807, 2.05) is 0 Å². The molecule has 0 aliphatic carbocycles. The molecule has 0 fully saturated rings. The smallest absolute Gasteiger partial charge is 0.416 e. The third-order valence-corrected chi connectivity index (χ3v) is 2.70. The van der Waals surface area contributed by atoms with Crippen molar-refractivity contribution in [1.29, 1.82) is 0 Å². The summed E-state index contributed by atoms with van der Waals surface area (Å²) in [5.41, 5.74) is 5.44. The molecule has 2 N–H and O–H groups in total. The quantitative estimate of drug-likeness (QED) is 0.804. The number of hydrogen-bond acceptors (Lipinski definition) is 2. The molecule has 0 spiro atoms. The van der Waals surface area contributed by atoms with Crippen LogP contribution >= 0.6 is 0 Å². The largest absolute Gasteiger partial charge is 0.493 e. The number of ether oxygens (including phenoxy) is 1. The lowest BCUT2D eigenvalue weighted by molar-refractivity contribution is -0.137. The van der Waals surface area contributed by atoms with E-state index in [9.17, 15) is 13.2 Å². The van der Waals surface area contributed by atoms with Gasteiger partial charge in [-0.1, -0.05) is 0 Å². The number of alkyl halides is 3. The minimum absolute atomic E-state index is 0.107. The monoisotopic (exact) mass is 231 g/mol. The summed E-state index contributed by atoms with van der Waals surface area (Å²) in [5.74, 6) is 0.647. The van der Waals surface area contributed by atoms with Gasteiger partial charge in [-0.25, -0.2) is 0 Å². The molecule has 5 heteroatoms. The van der Waals surface area contributed by atoms with E-state index in [0.717, 1.165) is 12.1 Å². The molecule has 0 amide bonds. The van der Waals surface area contributed by atoms with Crippen LogP contribution in [0.2, 0.25) is 0 Å². The van der Waals surface area contributed by atoms with Crippen LogP contribution in [0.15, 0.2) is 18.2 Å². The van der Waals surface area contributed by atoms with Crippen molar-refractivity contribution in [3.63, 3.8) is 0 Å². The van der Waals surface area contributed by atoms with Crippen LogP contribution in [0.25, 0.3) is 0 Å². The highest BCUT2D eigenvalue weighted by molar-refractivity contribution is 5.39. The van der Waals surface area contributed by atoms with Crippen LogP contribution in [-0.2, 0) is 12.6 Å². The van der Waals surface area contributed by atoms with E-state index < -0.39 is 11.7 Å². The molecule has 1 aliphatic heterocycles. The van der Waals surface area contributed by atoms with E-state index >= 15 is 0 Å². The topological polar surface area (TPSA) is 35.2 Å². The second kappa shape index (κ2) is 3.97. The minimum atomic E-state index is -4.30. The first-order chi connectivity index (χ1) is 7.50. The van der Waals surface area contributed by atoms with Gasteiger partial charge in [0.05, 0.1) is 12.2 Å². The van der Waals surface area contributed by atoms with Gasteiger partial charge in [0.25, 0.3) is 0 Å². The normalized spacial score (nSPS) is 20.1. The fraction of sp³-hybridized carbons (Fsp3) is 0.455. The van der Waals surface area contributed by atoms with Crippen molar-refractivity contribution >= 4 is 0 Å². The van der Waals surface area contributed by atoms with E-state index in [1.54, 1.807) is 0 Å². The number of halogens is 3. The summed E-state index contributed by atoms with van der Waals surface area (Å²) in [6.07, 6.45) is -3.75. The predicted molar refractivity (Wildman–Crippen MR) is 53.2 cm³/mol. The second-order valence-electron chi connectivity index (χ2n) is 3.94. The Balaban J connectivity index is 2.31. The highest BCUT2D eigenvalue weighted by Crippen LogP contribution is 2.35. The summed E-state index contributed by atoms with van der Waals surface area (Å²) in [6, 6.07) is 3.57. The van der Waals surface area contributed by atoms with Gasteiger partial charge in [-0.05, 0) is 36.7 Å². The fourth-order valence-electron chi connectivity index (χ4n) is 1.79. The summed E-state index contributed by atoms with van der Waals surface area (Å²) < 4.78 is 42.8. The van der Waals surface area contributed by atoms with E-state index in [4.69, 9.17) is 10.5 Å². The lowest BCUT2D eigenvalue weighted by atomic mass is 9.95. The van der Waals surface area contributed by atoms with Crippen LogP contribution < -0.4 is 10.5 Å². The van der Waals surface area contributed by atoms with Crippen LogP contribution in [0.1, 0.15) is 11.1 Å². The third kappa shape index (κ3) is 2.14. The number of hydrogen-bond donors (Lipinski definition) is 1. The molecule has 1 atom stereocenters. The zero-order valence-corrected chi connectivity index (χ0v) is 8.55. The van der Waals surface area contributed by atoms with Crippen molar-refractivity contribution in [2.75, 3.05) is 13.2 Å². The van der Waals surface area contributed by atoms with Crippen molar-refractivity contribution in [3.05, 3.63) is 29.3 Å². The molecular weight excluding hydrogens is 219 g/mol. The van der Waals surface area contributed by atoms with Gasteiger partial charge in [0.2, 0.25) is 0 Å². The second-order valence-corrected chi connectivity index (χ2v) is 3.94. The van der Waals surface area contributed by atoms with E-state index in [2.05, 4.69) is 0 Å². The summed E-state index contributed by atoms with van der Waals surface area (Å²) in [5, 5.41) is 0. The molecule has 0 radical (unpaired) electrons. The fourth-order valence-corrected chi connectivity index (χ4v) is 1.79. The molecular formula is C11H12F3NO. The van der Waals surface area contributed by atoms with Crippen LogP contribution in [-0.4, -0.2) is 13.2 Å². The Labute approximate surface area is 91.2 Å². The standard InChI is InChI=1S/C11H12F3NO/c12-11(13,14)9-1-2-10-8(4-9)3-7(5-15)6-16-10/h1-2,4,7H,3,5-6,15H2. The van der Waals surface area contributed by atoms with Gasteiger partial charge in [-0.2, -0.15) is 13.2 Å². The molecule has 0 saturated heterocycles. The molecule has 1 aromatic rings. The van der Waals surface area contributed by atoms with Gasteiger partial charge in [0.1, 0.15) is 5.75 Å². The molecule has 0 bridgehead atoms. The Morgan fingerprint density at radius 2 is 2.12 bits per heavy atom. The number of fused-ring (bicyclic) bond motifs is 1. The van der Waals surface area contributed by atoms with E-state index in [1.165, 1.54) is 6.07 Å². The highest BCUT2D eigenvalue weighted by Gasteiger charge is 2.32. The molecule has 1 unspecified atom stereocenters. The number of nitrogens with two attached hydrogens (primary N) is 1. The average Bonchev–Trinajstić information content (AvgIpc) is 2.26. The van der Waals surface area contributed by atoms with Crippen LogP contribution in [0, 0.1) is 5.92 Å². The first-order valence-corrected chi connectivity index (χ1v) is 5.03. The Morgan fingerprint density at radius 1 is 1.38 bits per heavy atom. The lowest BCUT2D eigenvalue weighted by Gasteiger charge is -2.24. The molecule has 2 rings (SSSR count). The summed E-state index contributed by atoms with van der Waals surface area (Å²) >= 11 is 0. The lowest BCUT2D eigenvalue weighted by Crippen LogP contribution is -2.27. The predicted octanol–water partition coefficient (Wildman–Crippen LogP) is 2.22. The number of benzene rings is 1. The Bertz CT molecular complexity index is 389. The molecule has 1 aliphatic rings. The van der Waals surface area contributed by atoms with Crippen molar-refractivity contribution in [2.24, 2.45) is 11.7 Å². The molecule has 0 saturated carbocycles. The van der Waals surface area contributed by atoms with Crippen LogP contribution in [0.5, 0.6) is 5.75 Å². The molecule has 88 valence electrons. The van der Waals surface area contributed by atoms with Gasteiger partial charge in [0.15, 0.2) is 0 Å². The van der Waals surface area contributed by atoms with Crippen molar-refractivity contribution < 1.29 is 17.9 Å². The zero-order valence-electron chi connectivity index (χ0n) is 8.55. The first kappa shape index (κ1) is 11.3. The maximum atomic E-state index is 12.5. The van der Waals surface area contributed by atoms with Gasteiger partial charge in [-0.3, -0.25) is 0 Å². The third-order valence-electron chi connectivity index (χ3n) is 2.70. The summed E-state index contributed by atoms with van der Waals surface area (Å²) in [4.78, 5) is 0. The van der Waals surface area contributed by atoms with Gasteiger partial charge in [0, 0.05) is 5.92 Å². The molecule has 16 heavy (non-hydrogen) atoms. The highest BCUT2D eigenvalue weighted by atomic mass is 19.4. The Hall–Kier alpha value is -1.23. The van der Waals surface area contributed by atoms with Crippen molar-refractivity contribution in [2.45, 2.75) is 12.6 Å². The Morgan fingerprint density at radius 3 is 2.75 bits per heavy atom. The van der Waals surface area contributed by atoms with E-state index in [-0.39, 0.29) is 5.92 Å². The van der Waals surface area contributed by atoms with Crippen LogP contribution in [0.4, 0.5) is 13.2 Å². The van der Waals surface area contributed by atoms with Crippen molar-refractivity contribution in [1.82, 2.24) is 0 Å². The SMILES string of the molecule is NCC1COc2ccc(C(F)(F)F)cc2C1. The van der Waals surface area contributed by atoms with Crippen molar-refractivity contribution in [3.8, 4) is 5.75 Å². The summed E-state index contributed by atoms with van der Waals surface area (Å²) in [7, 11) is 0. The van der Waals surface area contributed by atoms with Gasteiger partial charge >= 0.3 is 6.18 Å². The zero-order chi connectivity index (χ0) is 11.8. The molecule has 1 heterocycles. The molecule has 0 aromatic heterocycles. The van der Waals surface area contributed by atoms with Crippen LogP contribution in [0.3, 0.4) is 0 Å². The minimum Gasteiger partial charge on any atom is -0.493 e. The maximum absolute atomic E-state index is 12.5. The average molecular weight is 231 g/mol. The van der Waals surface area contributed by atoms with E-state index in [0.29, 0.717) is 30.9 Å². The van der Waals surface area contributed by atoms with Gasteiger partial charge < -0.3 is 10.5 Å². The number of rotatable bonds is 1. The molecule has 1 aromatic carbocycles. The summed E-state index contributed by atoms with van der Waals surface area (Å²) in [6.45, 7) is 0.907. The maximum Gasteiger partial charge on any atom is 0.416 e.